The lowest BCUT2D eigenvalue weighted by atomic mass is 10.1. The van der Waals surface area contributed by atoms with Gasteiger partial charge in [-0.2, -0.15) is 5.26 Å². The normalized spacial score (nSPS) is 9.95. The number of halogens is 1. The van der Waals surface area contributed by atoms with Crippen molar-refractivity contribution < 1.29 is 4.79 Å². The van der Waals surface area contributed by atoms with Gasteiger partial charge in [0.15, 0.2) is 0 Å². The molecular weight excluding hydrogens is 288 g/mol. The van der Waals surface area contributed by atoms with Crippen molar-refractivity contribution in [2.75, 3.05) is 17.7 Å². The van der Waals surface area contributed by atoms with Gasteiger partial charge in [0.25, 0.3) is 5.91 Å². The van der Waals surface area contributed by atoms with Crippen LogP contribution < -0.4 is 16.4 Å². The highest BCUT2D eigenvalue weighted by Gasteiger charge is 2.19. The molecule has 106 valence electrons. The Hall–Kier alpha value is -2.71. The summed E-state index contributed by atoms with van der Waals surface area (Å²) in [6.07, 6.45) is 0. The van der Waals surface area contributed by atoms with Crippen molar-refractivity contribution in [2.24, 2.45) is 5.73 Å². The van der Waals surface area contributed by atoms with Gasteiger partial charge in [-0.15, -0.1) is 0 Å². The van der Waals surface area contributed by atoms with Crippen LogP contribution in [-0.4, -0.2) is 13.0 Å². The summed E-state index contributed by atoms with van der Waals surface area (Å²) in [6.45, 7) is 0. The maximum Gasteiger partial charge on any atom is 0.250 e. The number of hydrogen-bond acceptors (Lipinski definition) is 4. The van der Waals surface area contributed by atoms with Crippen molar-refractivity contribution in [1.29, 1.82) is 5.26 Å². The van der Waals surface area contributed by atoms with E-state index in [4.69, 9.17) is 23.1 Å². The third-order valence-electron chi connectivity index (χ3n) is 3.07. The molecule has 0 aliphatic carbocycles. The predicted octanol–water partition coefficient (Wildman–Crippen LogP) is 2.66. The number of nitriles is 1. The van der Waals surface area contributed by atoms with Crippen LogP contribution in [0, 0.1) is 11.3 Å². The number of anilines is 3. The number of para-hydroxylation sites is 1. The molecule has 2 aromatic carbocycles. The molecule has 0 heterocycles. The summed E-state index contributed by atoms with van der Waals surface area (Å²) in [4.78, 5) is 13.3. The number of primary amides is 1. The molecule has 4 N–H and O–H groups in total. The highest BCUT2D eigenvalue weighted by atomic mass is 35.5. The van der Waals surface area contributed by atoms with Crippen molar-refractivity contribution >= 4 is 34.6 Å². The first-order valence-electron chi connectivity index (χ1n) is 6.07. The Kier molecular flexibility index (Phi) is 4.01. The number of rotatable bonds is 3. The zero-order valence-electron chi connectivity index (χ0n) is 11.3. The lowest BCUT2D eigenvalue weighted by molar-refractivity contribution is 0.100. The third-order valence-corrected chi connectivity index (χ3v) is 3.36. The monoisotopic (exact) mass is 300 g/mol. The van der Waals surface area contributed by atoms with Crippen LogP contribution in [0.4, 0.5) is 17.1 Å². The molecule has 2 rings (SSSR count). The average molecular weight is 301 g/mol. The molecule has 0 bridgehead atoms. The van der Waals surface area contributed by atoms with Crippen molar-refractivity contribution in [3.8, 4) is 6.07 Å². The van der Waals surface area contributed by atoms with E-state index in [0.29, 0.717) is 27.6 Å². The van der Waals surface area contributed by atoms with Gasteiger partial charge in [0, 0.05) is 12.7 Å². The van der Waals surface area contributed by atoms with E-state index in [1.54, 1.807) is 36.2 Å². The number of nitrogen functional groups attached to an aromatic ring is 1. The molecule has 0 radical (unpaired) electrons. The zero-order valence-corrected chi connectivity index (χ0v) is 12.1. The maximum atomic E-state index is 11.6. The molecule has 0 fully saturated rings. The van der Waals surface area contributed by atoms with E-state index in [2.05, 4.69) is 6.07 Å². The van der Waals surface area contributed by atoms with E-state index in [1.807, 2.05) is 0 Å². The van der Waals surface area contributed by atoms with E-state index in [1.165, 1.54) is 12.1 Å². The van der Waals surface area contributed by atoms with Crippen LogP contribution in [0.3, 0.4) is 0 Å². The first kappa shape index (κ1) is 14.7. The molecule has 0 atom stereocenters. The molecule has 6 heteroatoms. The predicted molar refractivity (Wildman–Crippen MR) is 83.6 cm³/mol. The number of nitrogens with zero attached hydrogens (tertiary/aromatic N) is 2. The van der Waals surface area contributed by atoms with E-state index in [9.17, 15) is 10.1 Å². The summed E-state index contributed by atoms with van der Waals surface area (Å²) < 4.78 is 0. The summed E-state index contributed by atoms with van der Waals surface area (Å²) in [6, 6.07) is 12.1. The van der Waals surface area contributed by atoms with Gasteiger partial charge in [-0.25, -0.2) is 0 Å². The first-order valence-corrected chi connectivity index (χ1v) is 6.45. The number of nitrogens with two attached hydrogens (primary N) is 2. The minimum absolute atomic E-state index is 0.204. The number of amides is 1. The molecule has 21 heavy (non-hydrogen) atoms. The minimum Gasteiger partial charge on any atom is -0.399 e. The highest BCUT2D eigenvalue weighted by molar-refractivity contribution is 6.34. The summed E-state index contributed by atoms with van der Waals surface area (Å²) >= 11 is 6.21. The van der Waals surface area contributed by atoms with Gasteiger partial charge in [-0.1, -0.05) is 23.7 Å². The second-order valence-corrected chi connectivity index (χ2v) is 4.86. The molecule has 0 unspecified atom stereocenters. The summed E-state index contributed by atoms with van der Waals surface area (Å²) in [5.41, 5.74) is 13.1. The Balaban J connectivity index is 2.66. The third kappa shape index (κ3) is 2.76. The number of carbonyl (C=O) groups excluding carboxylic acids is 1. The smallest absolute Gasteiger partial charge is 0.250 e. The van der Waals surface area contributed by atoms with Gasteiger partial charge in [0.2, 0.25) is 0 Å². The quantitative estimate of drug-likeness (QED) is 0.852. The van der Waals surface area contributed by atoms with E-state index in [0.717, 1.165) is 0 Å². The van der Waals surface area contributed by atoms with Crippen molar-refractivity contribution in [1.82, 2.24) is 0 Å². The van der Waals surface area contributed by atoms with Crippen LogP contribution in [-0.2, 0) is 0 Å². The molecular formula is C15H13ClN4O. The molecule has 2 aromatic rings. The summed E-state index contributed by atoms with van der Waals surface area (Å²) in [7, 11) is 1.71. The lowest BCUT2D eigenvalue weighted by Crippen LogP contribution is -2.20. The van der Waals surface area contributed by atoms with Gasteiger partial charge in [-0.05, 0) is 24.3 Å². The Morgan fingerprint density at radius 1 is 1.33 bits per heavy atom. The molecule has 0 saturated carbocycles. The van der Waals surface area contributed by atoms with Crippen LogP contribution in [0.15, 0.2) is 36.4 Å². The summed E-state index contributed by atoms with van der Waals surface area (Å²) in [5.74, 6) is -0.638. The van der Waals surface area contributed by atoms with Gasteiger partial charge >= 0.3 is 0 Å². The van der Waals surface area contributed by atoms with Crippen LogP contribution >= 0.6 is 11.6 Å². The molecule has 5 nitrogen and oxygen atoms in total. The van der Waals surface area contributed by atoms with Crippen LogP contribution in [0.1, 0.15) is 15.9 Å². The standard InChI is InChI=1S/C15H13ClN4O/c1-20(13-5-3-2-4-9(13)8-17)14-11(15(19)21)6-10(18)7-12(14)16/h2-7H,18H2,1H3,(H2,19,21). The molecule has 0 aromatic heterocycles. The van der Waals surface area contributed by atoms with E-state index in [-0.39, 0.29) is 5.56 Å². The zero-order chi connectivity index (χ0) is 15.6. The number of hydrogen-bond donors (Lipinski definition) is 2. The Morgan fingerprint density at radius 3 is 2.62 bits per heavy atom. The lowest BCUT2D eigenvalue weighted by Gasteiger charge is -2.24. The Labute approximate surface area is 127 Å². The SMILES string of the molecule is CN(c1ccccc1C#N)c1c(Cl)cc(N)cc1C(N)=O. The second-order valence-electron chi connectivity index (χ2n) is 4.45. The van der Waals surface area contributed by atoms with Gasteiger partial charge in [-0.3, -0.25) is 4.79 Å². The van der Waals surface area contributed by atoms with Crippen LogP contribution in [0.2, 0.25) is 5.02 Å². The van der Waals surface area contributed by atoms with Crippen molar-refractivity contribution in [3.05, 3.63) is 52.5 Å². The fourth-order valence-electron chi connectivity index (χ4n) is 2.13. The first-order chi connectivity index (χ1) is 9.95. The molecule has 0 aliphatic heterocycles. The largest absolute Gasteiger partial charge is 0.399 e. The number of benzene rings is 2. The fourth-order valence-corrected chi connectivity index (χ4v) is 2.48. The Bertz CT molecular complexity index is 752. The van der Waals surface area contributed by atoms with Crippen LogP contribution in [0.25, 0.3) is 0 Å². The second kappa shape index (κ2) is 5.73. The maximum absolute atomic E-state index is 11.6. The number of carbonyl (C=O) groups is 1. The average Bonchev–Trinajstić information content (AvgIpc) is 2.45. The van der Waals surface area contributed by atoms with Crippen molar-refractivity contribution in [2.45, 2.75) is 0 Å². The fraction of sp³-hybridized carbons (Fsp3) is 0.0667. The van der Waals surface area contributed by atoms with E-state index < -0.39 is 5.91 Å². The minimum atomic E-state index is -0.638. The van der Waals surface area contributed by atoms with Crippen LogP contribution in [0.5, 0.6) is 0 Å². The highest BCUT2D eigenvalue weighted by Crippen LogP contribution is 2.36. The molecule has 0 saturated heterocycles. The topological polar surface area (TPSA) is 96.1 Å². The molecule has 0 spiro atoms. The Morgan fingerprint density at radius 2 is 2.00 bits per heavy atom. The van der Waals surface area contributed by atoms with Gasteiger partial charge < -0.3 is 16.4 Å². The molecule has 1 amide bonds. The van der Waals surface area contributed by atoms with Gasteiger partial charge in [0.1, 0.15) is 6.07 Å². The van der Waals surface area contributed by atoms with Crippen molar-refractivity contribution in [3.63, 3.8) is 0 Å². The molecule has 0 aliphatic rings. The van der Waals surface area contributed by atoms with E-state index >= 15 is 0 Å². The summed E-state index contributed by atoms with van der Waals surface area (Å²) in [5, 5.41) is 9.48. The van der Waals surface area contributed by atoms with Gasteiger partial charge in [0.05, 0.1) is 27.5 Å².